The zero-order valence-electron chi connectivity index (χ0n) is 13.3. The average Bonchev–Trinajstić information content (AvgIpc) is 3.11. The van der Waals surface area contributed by atoms with Crippen molar-refractivity contribution in [1.82, 2.24) is 0 Å². The molecule has 0 saturated heterocycles. The van der Waals surface area contributed by atoms with Crippen LogP contribution in [-0.4, -0.2) is 18.5 Å². The number of fused-ring (bicyclic) bond motifs is 2. The summed E-state index contributed by atoms with van der Waals surface area (Å²) in [6.07, 6.45) is 5.44. The predicted octanol–water partition coefficient (Wildman–Crippen LogP) is 3.96. The molecule has 0 aromatic heterocycles. The second-order valence-corrected chi connectivity index (χ2v) is 7.24. The normalized spacial score (nSPS) is 25.4. The molecule has 1 aromatic carbocycles. The molecule has 1 aromatic rings. The third-order valence-corrected chi connectivity index (χ3v) is 5.38. The Kier molecular flexibility index (Phi) is 4.90. The number of anilines is 1. The molecule has 0 heterocycles. The van der Waals surface area contributed by atoms with E-state index in [0.717, 1.165) is 17.9 Å². The van der Waals surface area contributed by atoms with E-state index < -0.39 is 0 Å². The van der Waals surface area contributed by atoms with Gasteiger partial charge in [-0.25, -0.2) is 0 Å². The molecule has 0 spiro atoms. The zero-order chi connectivity index (χ0) is 16.4. The van der Waals surface area contributed by atoms with Crippen LogP contribution in [-0.2, 0) is 14.3 Å². The monoisotopic (exact) mass is 335 g/mol. The highest BCUT2D eigenvalue weighted by Crippen LogP contribution is 2.49. The van der Waals surface area contributed by atoms with Crippen LogP contribution in [0.5, 0.6) is 0 Å². The molecule has 4 nitrogen and oxygen atoms in total. The fourth-order valence-corrected chi connectivity index (χ4v) is 4.23. The van der Waals surface area contributed by atoms with Gasteiger partial charge in [0, 0.05) is 17.1 Å². The minimum Gasteiger partial charge on any atom is -0.456 e. The Hall–Kier alpha value is -1.55. The number of rotatable bonds is 5. The van der Waals surface area contributed by atoms with E-state index in [1.807, 2.05) is 6.92 Å². The second-order valence-electron chi connectivity index (χ2n) is 6.81. The second kappa shape index (κ2) is 6.91. The molecule has 5 heteroatoms. The van der Waals surface area contributed by atoms with Crippen molar-refractivity contribution in [3.63, 3.8) is 0 Å². The largest absolute Gasteiger partial charge is 0.456 e. The number of ether oxygens (including phenoxy) is 1. The third-order valence-electron chi connectivity index (χ3n) is 5.14. The van der Waals surface area contributed by atoms with E-state index in [9.17, 15) is 9.59 Å². The Bertz CT molecular complexity index is 616. The van der Waals surface area contributed by atoms with Crippen molar-refractivity contribution in [3.05, 3.63) is 28.8 Å². The Morgan fingerprint density at radius 3 is 2.78 bits per heavy atom. The van der Waals surface area contributed by atoms with Crippen LogP contribution in [0.4, 0.5) is 5.69 Å². The Balaban J connectivity index is 1.42. The minimum absolute atomic E-state index is 0.234. The summed E-state index contributed by atoms with van der Waals surface area (Å²) in [5, 5.41) is 3.36. The molecule has 3 atom stereocenters. The average molecular weight is 336 g/mol. The number of hydrogen-bond acceptors (Lipinski definition) is 3. The first-order chi connectivity index (χ1) is 11.0. The minimum atomic E-state index is -0.322. The highest BCUT2D eigenvalue weighted by atomic mass is 35.5. The lowest BCUT2D eigenvalue weighted by atomic mass is 9.86. The summed E-state index contributed by atoms with van der Waals surface area (Å²) in [6, 6.07) is 5.23. The van der Waals surface area contributed by atoms with Gasteiger partial charge >= 0.3 is 5.97 Å². The molecule has 2 aliphatic carbocycles. The lowest BCUT2D eigenvalue weighted by Gasteiger charge is -2.20. The number of amides is 1. The molecule has 2 saturated carbocycles. The fourth-order valence-electron chi connectivity index (χ4n) is 4.00. The van der Waals surface area contributed by atoms with E-state index >= 15 is 0 Å². The van der Waals surface area contributed by atoms with Crippen molar-refractivity contribution in [2.45, 2.75) is 39.0 Å². The smallest absolute Gasteiger partial charge is 0.306 e. The summed E-state index contributed by atoms with van der Waals surface area (Å²) in [6.45, 7) is 1.63. The summed E-state index contributed by atoms with van der Waals surface area (Å²) in [7, 11) is 0. The topological polar surface area (TPSA) is 55.4 Å². The first kappa shape index (κ1) is 16.3. The first-order valence-corrected chi connectivity index (χ1v) is 8.60. The van der Waals surface area contributed by atoms with Crippen molar-refractivity contribution in [3.8, 4) is 0 Å². The lowest BCUT2D eigenvalue weighted by molar-refractivity contribution is -0.148. The molecule has 0 aliphatic heterocycles. The van der Waals surface area contributed by atoms with E-state index in [1.165, 1.54) is 19.3 Å². The van der Waals surface area contributed by atoms with Crippen LogP contribution >= 0.6 is 11.6 Å². The number of carbonyl (C=O) groups excluding carboxylic acids is 2. The van der Waals surface area contributed by atoms with Crippen molar-refractivity contribution in [1.29, 1.82) is 0 Å². The van der Waals surface area contributed by atoms with Crippen molar-refractivity contribution >= 4 is 29.2 Å². The number of halogens is 1. The molecule has 2 aliphatic rings. The zero-order valence-corrected chi connectivity index (χ0v) is 14.1. The fraction of sp³-hybridized carbons (Fsp3) is 0.556. The molecule has 0 unspecified atom stereocenters. The maximum absolute atomic E-state index is 11.9. The van der Waals surface area contributed by atoms with Crippen LogP contribution in [0.1, 0.15) is 37.7 Å². The molecule has 0 radical (unpaired) electrons. The van der Waals surface area contributed by atoms with Gasteiger partial charge in [-0.3, -0.25) is 9.59 Å². The number of carbonyl (C=O) groups is 2. The molecule has 2 fully saturated rings. The van der Waals surface area contributed by atoms with Crippen LogP contribution in [0, 0.1) is 24.7 Å². The first-order valence-electron chi connectivity index (χ1n) is 8.23. The van der Waals surface area contributed by atoms with Crippen LogP contribution in [0.3, 0.4) is 0 Å². The van der Waals surface area contributed by atoms with E-state index in [2.05, 4.69) is 5.32 Å². The standard InChI is InChI=1S/C18H22ClNO3/c1-11-6-15(19)4-5-16(11)20-17(21)10-23-18(22)9-14-8-12-2-3-13(14)7-12/h4-6,12-14H,2-3,7-10H2,1H3,(H,20,21)/t12-,13-,14+/m1/s1. The molecule has 3 rings (SSSR count). The number of benzene rings is 1. The van der Waals surface area contributed by atoms with E-state index in [4.69, 9.17) is 16.3 Å². The van der Waals surface area contributed by atoms with Gasteiger partial charge in [-0.1, -0.05) is 18.0 Å². The highest BCUT2D eigenvalue weighted by molar-refractivity contribution is 6.30. The predicted molar refractivity (Wildman–Crippen MR) is 89.3 cm³/mol. The quantitative estimate of drug-likeness (QED) is 0.829. The Morgan fingerprint density at radius 2 is 2.13 bits per heavy atom. The molecule has 124 valence electrons. The Morgan fingerprint density at radius 1 is 1.30 bits per heavy atom. The lowest BCUT2D eigenvalue weighted by Crippen LogP contribution is -2.23. The maximum Gasteiger partial charge on any atom is 0.306 e. The molecular weight excluding hydrogens is 314 g/mol. The van der Waals surface area contributed by atoms with Crippen molar-refractivity contribution in [2.24, 2.45) is 17.8 Å². The number of hydrogen-bond donors (Lipinski definition) is 1. The summed E-state index contributed by atoms with van der Waals surface area (Å²) in [4.78, 5) is 23.8. The van der Waals surface area contributed by atoms with Gasteiger partial charge in [-0.05, 0) is 67.7 Å². The SMILES string of the molecule is Cc1cc(Cl)ccc1NC(=O)COC(=O)C[C@@H]1C[C@@H]2CC[C@@H]1C2. The van der Waals surface area contributed by atoms with Crippen LogP contribution in [0.15, 0.2) is 18.2 Å². The molecular formula is C18H22ClNO3. The molecule has 23 heavy (non-hydrogen) atoms. The summed E-state index contributed by atoms with van der Waals surface area (Å²) in [5.74, 6) is 1.39. The summed E-state index contributed by atoms with van der Waals surface area (Å²) in [5.41, 5.74) is 1.56. The maximum atomic E-state index is 11.9. The van der Waals surface area contributed by atoms with E-state index in [-0.39, 0.29) is 18.5 Å². The Labute approximate surface area is 141 Å². The van der Waals surface area contributed by atoms with Gasteiger partial charge in [0.25, 0.3) is 5.91 Å². The molecule has 1 N–H and O–H groups in total. The summed E-state index contributed by atoms with van der Waals surface area (Å²) < 4.78 is 5.13. The highest BCUT2D eigenvalue weighted by Gasteiger charge is 2.40. The van der Waals surface area contributed by atoms with E-state index in [0.29, 0.717) is 29.0 Å². The van der Waals surface area contributed by atoms with Crippen LogP contribution < -0.4 is 5.32 Å². The van der Waals surface area contributed by atoms with Gasteiger partial charge in [0.1, 0.15) is 0 Å². The van der Waals surface area contributed by atoms with Gasteiger partial charge in [-0.2, -0.15) is 0 Å². The van der Waals surface area contributed by atoms with Gasteiger partial charge in [0.15, 0.2) is 6.61 Å². The third kappa shape index (κ3) is 4.05. The van der Waals surface area contributed by atoms with Gasteiger partial charge in [0.2, 0.25) is 0 Å². The summed E-state index contributed by atoms with van der Waals surface area (Å²) >= 11 is 5.88. The van der Waals surface area contributed by atoms with Gasteiger partial charge in [0.05, 0.1) is 0 Å². The van der Waals surface area contributed by atoms with E-state index in [1.54, 1.807) is 18.2 Å². The number of esters is 1. The number of aryl methyl sites for hydroxylation is 1. The number of nitrogens with one attached hydrogen (secondary N) is 1. The van der Waals surface area contributed by atoms with Crippen LogP contribution in [0.25, 0.3) is 0 Å². The van der Waals surface area contributed by atoms with Gasteiger partial charge in [-0.15, -0.1) is 0 Å². The molecule has 2 bridgehead atoms. The molecule has 1 amide bonds. The van der Waals surface area contributed by atoms with Gasteiger partial charge < -0.3 is 10.1 Å². The van der Waals surface area contributed by atoms with Crippen molar-refractivity contribution < 1.29 is 14.3 Å². The van der Waals surface area contributed by atoms with Crippen LogP contribution in [0.2, 0.25) is 5.02 Å². The van der Waals surface area contributed by atoms with Crippen molar-refractivity contribution in [2.75, 3.05) is 11.9 Å².